The largest absolute Gasteiger partial charge is 1.00 e. The fourth-order valence-corrected chi connectivity index (χ4v) is 10.7. The van der Waals surface area contributed by atoms with Crippen molar-refractivity contribution in [3.63, 3.8) is 0 Å². The molecule has 0 aliphatic rings. The number of carboxylic acid groups (broad SMARTS) is 1. The monoisotopic (exact) mass is 1680 g/mol. The molecule has 0 aliphatic carbocycles. The van der Waals surface area contributed by atoms with Crippen LogP contribution in [-0.4, -0.2) is 157 Å². The van der Waals surface area contributed by atoms with Gasteiger partial charge in [0.25, 0.3) is 0 Å². The fraction of sp³-hybridized carbons (Fsp3) is 0.214. The quantitative estimate of drug-likeness (QED) is 0.00714. The number of nitrogens with zero attached hydrogens (tertiary/aromatic N) is 3. The van der Waals surface area contributed by atoms with Crippen LogP contribution in [-0.2, 0) is 107 Å². The van der Waals surface area contributed by atoms with Crippen LogP contribution < -0.4 is 282 Å². The summed E-state index contributed by atoms with van der Waals surface area (Å²) in [6.45, 7) is 0.0799. The van der Waals surface area contributed by atoms with Gasteiger partial charge in [0.1, 0.15) is 60.7 Å². The molecule has 0 spiro atoms. The minimum Gasteiger partial charge on any atom is -0.744 e. The SMILES string of the molecule is Nc1c[c-]cc2cc(S(=O)(=O)[O-])cc(S(=O)(=O)[O-])c12.O=C(CCCCl)Nc1c[c-]cc2cc(S(=O)(=O)[O-])cc(S(=O)(=O)[O-])c12.O=C(O)CCCCl.O=S(=O)=O.O=S(=O)=O.O=S(=O)=O.[N-]=[N+]=NCCCC(=O)Nc1c[c-]cc2cc(S(=O)(=O)[O-])cc(S(=O)(=O)[O-])c12.[Na+].[Na+].[Na+].[Na+].[Na+].[Na+].[Na+].[Na+].[Na+]. The number of azide groups is 1. The van der Waals surface area contributed by atoms with Gasteiger partial charge in [0, 0.05) is 71.9 Å². The van der Waals surface area contributed by atoms with Gasteiger partial charge in [0.15, 0.2) is 0 Å². The van der Waals surface area contributed by atoms with Gasteiger partial charge < -0.3 is 48.8 Å². The van der Waals surface area contributed by atoms with Crippen molar-refractivity contribution in [2.24, 2.45) is 5.11 Å². The van der Waals surface area contributed by atoms with E-state index in [1.54, 1.807) is 0 Å². The topological polar surface area (TPSA) is 667 Å². The molecule has 0 atom stereocenters. The van der Waals surface area contributed by atoms with Crippen molar-refractivity contribution in [3.8, 4) is 0 Å². The third kappa shape index (κ3) is 50.0. The van der Waals surface area contributed by atoms with Gasteiger partial charge in [-0.15, -0.1) is 77.2 Å². The van der Waals surface area contributed by atoms with E-state index in [0.717, 1.165) is 18.2 Å². The molecule has 496 valence electrons. The van der Waals surface area contributed by atoms with Crippen molar-refractivity contribution >= 4 is 183 Å². The third-order valence-electron chi connectivity index (χ3n) is 9.57. The molecule has 6 aromatic carbocycles. The van der Waals surface area contributed by atoms with E-state index in [2.05, 4.69) is 38.9 Å². The summed E-state index contributed by atoms with van der Waals surface area (Å²) in [7, 11) is -39.5. The number of carbonyl (C=O) groups excluding carboxylic acids is 2. The molecule has 0 heterocycles. The zero-order valence-corrected chi connectivity index (χ0v) is 79.7. The number of rotatable bonds is 18. The zero-order valence-electron chi connectivity index (χ0n) is 52.8. The molecular weight excluding hydrogens is 1650 g/mol. The van der Waals surface area contributed by atoms with Crippen LogP contribution in [0.15, 0.2) is 107 Å². The normalized spacial score (nSPS) is 10.1. The maximum absolute atomic E-state index is 12.0. The minimum atomic E-state index is -5.17. The molecular formula is C42H35Cl2N6Na9O31S9. The Morgan fingerprint density at radius 1 is 0.455 bits per heavy atom. The molecule has 6 aromatic rings. The summed E-state index contributed by atoms with van der Waals surface area (Å²) >= 11 is 10.7. The smallest absolute Gasteiger partial charge is 0.744 e. The molecule has 57 heteroatoms. The molecule has 99 heavy (non-hydrogen) atoms. The Hall–Kier alpha value is 1.52. The van der Waals surface area contributed by atoms with Crippen molar-refractivity contribution < 1.29 is 401 Å². The Labute approximate surface area is 779 Å². The third-order valence-corrected chi connectivity index (χ3v) is 15.1. The van der Waals surface area contributed by atoms with Gasteiger partial charge in [-0.3, -0.25) is 14.4 Å². The number of aliphatic carboxylic acids is 1. The van der Waals surface area contributed by atoms with Crippen molar-refractivity contribution in [2.75, 3.05) is 34.7 Å². The number of amides is 2. The second kappa shape index (κ2) is 58.5. The number of carboxylic acids is 1. The molecule has 6 rings (SSSR count). The predicted molar refractivity (Wildman–Crippen MR) is 298 cm³/mol. The van der Waals surface area contributed by atoms with Crippen molar-refractivity contribution in [1.29, 1.82) is 0 Å². The van der Waals surface area contributed by atoms with Crippen LogP contribution in [0.1, 0.15) is 38.5 Å². The van der Waals surface area contributed by atoms with Gasteiger partial charge in [-0.25, -0.2) is 50.5 Å². The zero-order chi connectivity index (χ0) is 69.9. The average Bonchev–Trinajstić information content (AvgIpc) is 0.781. The molecule has 0 radical (unpaired) electrons. The van der Waals surface area contributed by atoms with Gasteiger partial charge in [0.2, 0.25) is 11.8 Å². The summed E-state index contributed by atoms with van der Waals surface area (Å²) in [6, 6.07) is 19.2. The van der Waals surface area contributed by atoms with Crippen LogP contribution in [0.4, 0.5) is 17.1 Å². The van der Waals surface area contributed by atoms with Crippen LogP contribution in [0.25, 0.3) is 42.8 Å². The number of nitrogens with two attached hydrogens (primary N) is 1. The predicted octanol–water partition coefficient (Wildman–Crippen LogP) is -26.0. The van der Waals surface area contributed by atoms with E-state index in [4.69, 9.17) is 77.5 Å². The number of halogens is 2. The number of carbonyl (C=O) groups is 3. The van der Waals surface area contributed by atoms with E-state index >= 15 is 0 Å². The van der Waals surface area contributed by atoms with Gasteiger partial charge in [-0.1, -0.05) is 56.5 Å². The number of hydrogen-bond acceptors (Lipinski definition) is 32. The molecule has 0 saturated heterocycles. The summed E-state index contributed by atoms with van der Waals surface area (Å²) in [5, 5.41) is 15.4. The Balaban J connectivity index is -0.000000128. The number of anilines is 3. The van der Waals surface area contributed by atoms with E-state index in [9.17, 15) is 92.2 Å². The molecule has 0 fully saturated rings. The Morgan fingerprint density at radius 2 is 0.717 bits per heavy atom. The molecule has 2 amide bonds. The van der Waals surface area contributed by atoms with Gasteiger partial charge in [0.05, 0.1) is 0 Å². The van der Waals surface area contributed by atoms with Crippen molar-refractivity contribution in [2.45, 2.75) is 67.9 Å². The van der Waals surface area contributed by atoms with E-state index in [0.29, 0.717) is 36.9 Å². The first kappa shape index (κ1) is 122. The van der Waals surface area contributed by atoms with E-state index in [1.165, 1.54) is 36.4 Å². The molecule has 0 bridgehead atoms. The Morgan fingerprint density at radius 3 is 0.970 bits per heavy atom. The van der Waals surface area contributed by atoms with Gasteiger partial charge in [-0.05, 0) is 43.0 Å². The van der Waals surface area contributed by atoms with Crippen LogP contribution >= 0.6 is 23.2 Å². The second-order valence-corrected chi connectivity index (χ2v) is 25.9. The molecule has 37 nitrogen and oxygen atoms in total. The van der Waals surface area contributed by atoms with Crippen molar-refractivity contribution in [3.05, 3.63) is 101 Å². The molecule has 5 N–H and O–H groups in total. The summed E-state index contributed by atoms with van der Waals surface area (Å²) in [5.74, 6) is -1.12. The molecule has 0 saturated carbocycles. The summed E-state index contributed by atoms with van der Waals surface area (Å²) in [5.41, 5.74) is 13.5. The number of nitrogen functional groups attached to an aromatic ring is 1. The number of hydrogen-bond donors (Lipinski definition) is 4. The van der Waals surface area contributed by atoms with Crippen LogP contribution in [0.3, 0.4) is 0 Å². The molecule has 0 aliphatic heterocycles. The first-order chi connectivity index (χ1) is 41.1. The minimum absolute atomic E-state index is 0. The number of benzene rings is 6. The summed E-state index contributed by atoms with van der Waals surface area (Å²) in [6.07, 6.45) is 1.37. The summed E-state index contributed by atoms with van der Waals surface area (Å²) < 4.78 is 279. The Bertz CT molecular complexity index is 4750. The number of alkyl halides is 2. The van der Waals surface area contributed by atoms with Gasteiger partial charge >= 0.3 is 304 Å². The molecule has 0 unspecified atom stereocenters. The maximum Gasteiger partial charge on any atom is 1.00 e. The fourth-order valence-electron chi connectivity index (χ4n) is 6.37. The van der Waals surface area contributed by atoms with Crippen LogP contribution in [0.5, 0.6) is 0 Å². The summed E-state index contributed by atoms with van der Waals surface area (Å²) in [4.78, 5) is 30.8. The molecule has 0 aromatic heterocycles. The maximum atomic E-state index is 12.0. The van der Waals surface area contributed by atoms with E-state index in [1.807, 2.05) is 0 Å². The van der Waals surface area contributed by atoms with E-state index in [-0.39, 0.29) is 354 Å². The average molecular weight is 1690 g/mol. The van der Waals surface area contributed by atoms with Gasteiger partial charge in [-0.2, -0.15) is 54.6 Å². The Kier molecular flexibility index (Phi) is 71.8. The van der Waals surface area contributed by atoms with Crippen molar-refractivity contribution in [1.82, 2.24) is 0 Å². The first-order valence-corrected chi connectivity index (χ1v) is 34.9. The standard InChI is InChI=1S/C14H13ClNO7S2.C14H13N4O7S2.C10H8NO6S2.C4H7ClO2.9Na.3O3S/c15-6-2-5-13(17)16-11-4-1-3-9-7-10(24(18,19)20)8-12(14(9)11)25(21,22)23;15-18-16-6-2-5-13(19)17-11-4-1-3-9-7-10(26(20,21)22)8-12(14(9)11)27(23,24)25;11-8-3-1-2-6-4-7(18(12,13)14)5-9(10(6)8)19(15,16)17;5-3-1-2-4(6)7;;;;;;;;;;3*1-4(2)3/h3-4,7-8H,2,5-6H2,(H,16,17)(H,18,19,20)(H,21,22,23);3-4,7-8H,2,5-6H2,(H,17,19)(H,20,21,22)(H,23,24,25);2-5H,11H2,(H,12,13,14)(H,15,16,17);1-3H2,(H,6,7);;;;;;;;;;;;/q3*-1;;9*+1;;;/p-6. The first-order valence-electron chi connectivity index (χ1n) is 22.3. The number of nitrogens with one attached hydrogen (secondary N) is 2. The van der Waals surface area contributed by atoms with Crippen LogP contribution in [0, 0.1) is 18.2 Å². The van der Waals surface area contributed by atoms with Crippen LogP contribution in [0.2, 0.25) is 0 Å². The van der Waals surface area contributed by atoms with E-state index < -0.39 is 140 Å². The number of fused-ring (bicyclic) bond motifs is 3. The second-order valence-electron chi connectivity index (χ2n) is 15.8.